The lowest BCUT2D eigenvalue weighted by Gasteiger charge is -2.08. The first-order valence-corrected chi connectivity index (χ1v) is 6.78. The number of Topliss-reactive ketones (excluding diaryl/α,β-unsaturated/α-hetero) is 1. The number of rotatable bonds is 10. The first-order chi connectivity index (χ1) is 8.41. The van der Waals surface area contributed by atoms with Gasteiger partial charge in [-0.15, -0.1) is 0 Å². The molecule has 0 spiro atoms. The van der Waals surface area contributed by atoms with Crippen molar-refractivity contribution in [3.05, 3.63) is 0 Å². The van der Waals surface area contributed by atoms with E-state index in [9.17, 15) is 9.59 Å². The molecule has 0 aliphatic heterocycles. The molecule has 0 aromatic carbocycles. The van der Waals surface area contributed by atoms with E-state index in [0.717, 1.165) is 0 Å². The molecule has 0 aromatic rings. The van der Waals surface area contributed by atoms with E-state index in [-0.39, 0.29) is 18.3 Å². The number of ketones is 1. The molecule has 106 valence electrons. The summed E-state index contributed by atoms with van der Waals surface area (Å²) in [5.41, 5.74) is 0. The molecule has 0 saturated carbocycles. The third-order valence-electron chi connectivity index (χ3n) is 2.32. The van der Waals surface area contributed by atoms with Gasteiger partial charge in [0.05, 0.1) is 0 Å². The van der Waals surface area contributed by atoms with Gasteiger partial charge >= 0.3 is 0 Å². The van der Waals surface area contributed by atoms with Crippen molar-refractivity contribution >= 4 is 11.7 Å². The minimum atomic E-state index is -0.0859. The van der Waals surface area contributed by atoms with E-state index < -0.39 is 0 Å². The molecule has 18 heavy (non-hydrogen) atoms. The minimum absolute atomic E-state index is 0.0859. The van der Waals surface area contributed by atoms with E-state index in [1.807, 2.05) is 27.7 Å². The van der Waals surface area contributed by atoms with Crippen LogP contribution in [0.2, 0.25) is 0 Å². The van der Waals surface area contributed by atoms with E-state index in [2.05, 4.69) is 5.32 Å². The van der Waals surface area contributed by atoms with E-state index in [0.29, 0.717) is 44.2 Å². The third kappa shape index (κ3) is 11.6. The Labute approximate surface area is 110 Å². The Morgan fingerprint density at radius 3 is 2.33 bits per heavy atom. The van der Waals surface area contributed by atoms with Gasteiger partial charge in [-0.1, -0.05) is 27.7 Å². The molecule has 0 bridgehead atoms. The summed E-state index contributed by atoms with van der Waals surface area (Å²) in [5, 5.41) is 2.78. The van der Waals surface area contributed by atoms with Crippen molar-refractivity contribution in [1.29, 1.82) is 0 Å². The van der Waals surface area contributed by atoms with Gasteiger partial charge in [0.1, 0.15) is 12.4 Å². The van der Waals surface area contributed by atoms with Crippen LogP contribution in [-0.4, -0.2) is 31.4 Å². The number of hydrogen-bond donors (Lipinski definition) is 1. The summed E-state index contributed by atoms with van der Waals surface area (Å²) in [5.74, 6) is 1.05. The van der Waals surface area contributed by atoms with Gasteiger partial charge in [-0.3, -0.25) is 9.59 Å². The van der Waals surface area contributed by atoms with Gasteiger partial charge in [0.25, 0.3) is 0 Å². The molecule has 0 aromatic heterocycles. The average Bonchev–Trinajstić information content (AvgIpc) is 2.24. The van der Waals surface area contributed by atoms with Crippen LogP contribution in [0.3, 0.4) is 0 Å². The number of carbonyl (C=O) groups excluding carboxylic acids is 2. The summed E-state index contributed by atoms with van der Waals surface area (Å²) < 4.78 is 5.22. The molecule has 4 heteroatoms. The lowest BCUT2D eigenvalue weighted by molar-refractivity contribution is -0.125. The molecule has 0 unspecified atom stereocenters. The molecular formula is C14H27NO3. The molecule has 1 N–H and O–H groups in total. The topological polar surface area (TPSA) is 55.4 Å². The molecule has 0 radical (unpaired) electrons. The number of carbonyl (C=O) groups is 2. The summed E-state index contributed by atoms with van der Waals surface area (Å²) in [7, 11) is 0. The fourth-order valence-corrected chi connectivity index (χ4v) is 1.46. The Hall–Kier alpha value is -0.900. The molecule has 1 amide bonds. The maximum atomic E-state index is 11.4. The smallest absolute Gasteiger partial charge is 0.246 e. The first-order valence-electron chi connectivity index (χ1n) is 6.78. The van der Waals surface area contributed by atoms with E-state index >= 15 is 0 Å². The Morgan fingerprint density at radius 1 is 1.11 bits per heavy atom. The highest BCUT2D eigenvalue weighted by atomic mass is 16.5. The lowest BCUT2D eigenvalue weighted by Crippen LogP contribution is -2.30. The van der Waals surface area contributed by atoms with Gasteiger partial charge in [0, 0.05) is 26.0 Å². The van der Waals surface area contributed by atoms with Crippen LogP contribution in [0.4, 0.5) is 0 Å². The maximum absolute atomic E-state index is 11.4. The predicted octanol–water partition coefficient (Wildman–Crippen LogP) is 2.17. The van der Waals surface area contributed by atoms with Crippen molar-refractivity contribution in [1.82, 2.24) is 5.32 Å². The molecule has 0 atom stereocenters. The fraction of sp³-hybridized carbons (Fsp3) is 0.857. The predicted molar refractivity (Wildman–Crippen MR) is 72.4 cm³/mol. The van der Waals surface area contributed by atoms with Crippen LogP contribution in [0.25, 0.3) is 0 Å². The van der Waals surface area contributed by atoms with Crippen LogP contribution in [0.15, 0.2) is 0 Å². The maximum Gasteiger partial charge on any atom is 0.246 e. The first kappa shape index (κ1) is 17.1. The van der Waals surface area contributed by atoms with Crippen LogP contribution in [0, 0.1) is 11.8 Å². The minimum Gasteiger partial charge on any atom is -0.372 e. The summed E-state index contributed by atoms with van der Waals surface area (Å²) in [6, 6.07) is 0. The van der Waals surface area contributed by atoms with Crippen LogP contribution < -0.4 is 5.32 Å². The summed E-state index contributed by atoms with van der Waals surface area (Å²) >= 11 is 0. The standard InChI is InChI=1S/C14H27NO3/c1-11(2)8-13(16)6-5-7-18-10-14(17)15-9-12(3)4/h11-12H,5-10H2,1-4H3,(H,15,17). The highest BCUT2D eigenvalue weighted by Crippen LogP contribution is 2.04. The summed E-state index contributed by atoms with van der Waals surface area (Å²) in [6.07, 6.45) is 1.88. The van der Waals surface area contributed by atoms with E-state index in [4.69, 9.17) is 4.74 Å². The number of hydrogen-bond acceptors (Lipinski definition) is 3. The highest BCUT2D eigenvalue weighted by molar-refractivity contribution is 5.78. The zero-order chi connectivity index (χ0) is 14.0. The Balaban J connectivity index is 3.40. The van der Waals surface area contributed by atoms with Gasteiger partial charge in [0.2, 0.25) is 5.91 Å². The third-order valence-corrected chi connectivity index (χ3v) is 2.32. The summed E-state index contributed by atoms with van der Waals surface area (Å²) in [4.78, 5) is 22.7. The molecule has 0 aliphatic rings. The van der Waals surface area contributed by atoms with Crippen molar-refractivity contribution in [2.75, 3.05) is 19.8 Å². The molecular weight excluding hydrogens is 230 g/mol. The largest absolute Gasteiger partial charge is 0.372 e. The lowest BCUT2D eigenvalue weighted by atomic mass is 10.0. The second-order valence-corrected chi connectivity index (χ2v) is 5.49. The molecule has 0 heterocycles. The highest BCUT2D eigenvalue weighted by Gasteiger charge is 2.05. The van der Waals surface area contributed by atoms with Crippen molar-refractivity contribution in [3.8, 4) is 0 Å². The van der Waals surface area contributed by atoms with Gasteiger partial charge in [-0.25, -0.2) is 0 Å². The van der Waals surface area contributed by atoms with Crippen LogP contribution in [-0.2, 0) is 14.3 Å². The Kier molecular flexibility index (Phi) is 9.56. The number of nitrogens with one attached hydrogen (secondary N) is 1. The van der Waals surface area contributed by atoms with Crippen LogP contribution >= 0.6 is 0 Å². The SMILES string of the molecule is CC(C)CNC(=O)COCCCC(=O)CC(C)C. The van der Waals surface area contributed by atoms with Crippen molar-refractivity contribution in [2.24, 2.45) is 11.8 Å². The zero-order valence-electron chi connectivity index (χ0n) is 12.1. The number of amides is 1. The van der Waals surface area contributed by atoms with Crippen LogP contribution in [0.5, 0.6) is 0 Å². The van der Waals surface area contributed by atoms with Crippen molar-refractivity contribution in [2.45, 2.75) is 47.0 Å². The second-order valence-electron chi connectivity index (χ2n) is 5.49. The molecule has 0 rings (SSSR count). The molecule has 0 saturated heterocycles. The van der Waals surface area contributed by atoms with Crippen molar-refractivity contribution < 1.29 is 14.3 Å². The molecule has 0 fully saturated rings. The Bertz CT molecular complexity index is 249. The second kappa shape index (κ2) is 10.1. The van der Waals surface area contributed by atoms with Gasteiger partial charge in [-0.2, -0.15) is 0 Å². The summed E-state index contributed by atoms with van der Waals surface area (Å²) in [6.45, 7) is 9.39. The zero-order valence-corrected chi connectivity index (χ0v) is 12.1. The fourth-order valence-electron chi connectivity index (χ4n) is 1.46. The number of ether oxygens (including phenoxy) is 1. The average molecular weight is 257 g/mol. The van der Waals surface area contributed by atoms with Crippen LogP contribution in [0.1, 0.15) is 47.0 Å². The normalized spacial score (nSPS) is 11.0. The molecule has 0 aliphatic carbocycles. The van der Waals surface area contributed by atoms with Gasteiger partial charge < -0.3 is 10.1 Å². The quantitative estimate of drug-likeness (QED) is 0.610. The Morgan fingerprint density at radius 2 is 1.78 bits per heavy atom. The molecule has 4 nitrogen and oxygen atoms in total. The van der Waals surface area contributed by atoms with E-state index in [1.54, 1.807) is 0 Å². The monoisotopic (exact) mass is 257 g/mol. The van der Waals surface area contributed by atoms with E-state index in [1.165, 1.54) is 0 Å². The van der Waals surface area contributed by atoms with Gasteiger partial charge in [0.15, 0.2) is 0 Å². The van der Waals surface area contributed by atoms with Gasteiger partial charge in [-0.05, 0) is 18.3 Å². The van der Waals surface area contributed by atoms with Crippen molar-refractivity contribution in [3.63, 3.8) is 0 Å².